The third-order valence-corrected chi connectivity index (χ3v) is 6.42. The zero-order chi connectivity index (χ0) is 23.3. The minimum absolute atomic E-state index is 0.328. The topological polar surface area (TPSA) is 67.4 Å². The lowest BCUT2D eigenvalue weighted by Crippen LogP contribution is -2.37. The first-order valence-electron chi connectivity index (χ1n) is 10.8. The summed E-state index contributed by atoms with van der Waals surface area (Å²) in [6.45, 7) is 3.56. The van der Waals surface area contributed by atoms with Crippen LogP contribution < -0.4 is 16.0 Å². The van der Waals surface area contributed by atoms with Crippen molar-refractivity contribution >= 4 is 22.5 Å². The van der Waals surface area contributed by atoms with Crippen molar-refractivity contribution in [1.82, 2.24) is 13.7 Å². The molecule has 33 heavy (non-hydrogen) atoms. The molecule has 0 bridgehead atoms. The molecule has 0 spiro atoms. The van der Waals surface area contributed by atoms with E-state index in [1.165, 1.54) is 11.6 Å². The van der Waals surface area contributed by atoms with E-state index in [9.17, 15) is 9.59 Å². The smallest absolute Gasteiger partial charge is 0.331 e. The van der Waals surface area contributed by atoms with Gasteiger partial charge in [0.2, 0.25) is 0 Å². The van der Waals surface area contributed by atoms with E-state index in [0.717, 1.165) is 32.8 Å². The molecule has 1 aliphatic rings. The van der Waals surface area contributed by atoms with E-state index < -0.39 is 6.10 Å². The zero-order valence-electron chi connectivity index (χ0n) is 18.7. The first kappa shape index (κ1) is 21.6. The first-order valence-corrected chi connectivity index (χ1v) is 11.2. The van der Waals surface area contributed by atoms with Crippen LogP contribution >= 0.6 is 11.6 Å². The van der Waals surface area contributed by atoms with Crippen LogP contribution in [0.5, 0.6) is 5.75 Å². The summed E-state index contributed by atoms with van der Waals surface area (Å²) in [5, 5.41) is 1.11. The van der Waals surface area contributed by atoms with Gasteiger partial charge in [-0.25, -0.2) is 4.79 Å². The van der Waals surface area contributed by atoms with E-state index in [1.807, 2.05) is 43.3 Å². The fourth-order valence-electron chi connectivity index (χ4n) is 4.65. The molecule has 0 fully saturated rings. The summed E-state index contributed by atoms with van der Waals surface area (Å²) in [7, 11) is 3.20. The van der Waals surface area contributed by atoms with Crippen molar-refractivity contribution in [3.8, 4) is 17.0 Å². The van der Waals surface area contributed by atoms with Gasteiger partial charge in [-0.1, -0.05) is 35.9 Å². The lowest BCUT2D eigenvalue weighted by Gasteiger charge is -2.28. The van der Waals surface area contributed by atoms with Gasteiger partial charge in [0.25, 0.3) is 5.56 Å². The highest BCUT2D eigenvalue weighted by Crippen LogP contribution is 2.41. The summed E-state index contributed by atoms with van der Waals surface area (Å²) >= 11 is 6.13. The molecule has 0 amide bonds. The SMILES string of the molecule is CCOc1ccc(C2OCCn3c(-c4ccc(Cl)cc4)c4c(=O)n(C)c(=O)n(C)c4c32)cc1. The second-order valence-corrected chi connectivity index (χ2v) is 8.51. The van der Waals surface area contributed by atoms with Gasteiger partial charge >= 0.3 is 5.69 Å². The van der Waals surface area contributed by atoms with Crippen molar-refractivity contribution in [3.63, 3.8) is 0 Å². The second kappa shape index (κ2) is 8.24. The van der Waals surface area contributed by atoms with Crippen LogP contribution in [-0.2, 0) is 25.4 Å². The van der Waals surface area contributed by atoms with Crippen molar-refractivity contribution in [2.24, 2.45) is 14.1 Å². The van der Waals surface area contributed by atoms with Crippen LogP contribution in [0.2, 0.25) is 5.02 Å². The molecule has 1 aliphatic heterocycles. The number of benzene rings is 2. The van der Waals surface area contributed by atoms with Crippen molar-refractivity contribution in [2.75, 3.05) is 13.2 Å². The van der Waals surface area contributed by atoms with Gasteiger partial charge in [0.05, 0.1) is 35.5 Å². The summed E-state index contributed by atoms with van der Waals surface area (Å²) in [6, 6.07) is 15.1. The average molecular weight is 466 g/mol. The van der Waals surface area contributed by atoms with Crippen molar-refractivity contribution in [3.05, 3.63) is 85.6 Å². The number of hydrogen-bond acceptors (Lipinski definition) is 4. The Morgan fingerprint density at radius 3 is 2.39 bits per heavy atom. The molecule has 0 saturated heterocycles. The highest BCUT2D eigenvalue weighted by Gasteiger charge is 2.33. The number of ether oxygens (including phenoxy) is 2. The van der Waals surface area contributed by atoms with Crippen LogP contribution in [0.1, 0.15) is 24.3 Å². The lowest BCUT2D eigenvalue weighted by molar-refractivity contribution is 0.0478. The van der Waals surface area contributed by atoms with E-state index in [1.54, 1.807) is 19.2 Å². The Morgan fingerprint density at radius 1 is 1.03 bits per heavy atom. The monoisotopic (exact) mass is 465 g/mol. The Bertz CT molecular complexity index is 1460. The van der Waals surface area contributed by atoms with E-state index in [0.29, 0.717) is 35.7 Å². The normalized spacial score (nSPS) is 15.6. The largest absolute Gasteiger partial charge is 0.494 e. The molecular formula is C25H24ClN3O4. The molecule has 2 aromatic heterocycles. The van der Waals surface area contributed by atoms with Gasteiger partial charge in [0, 0.05) is 25.7 Å². The van der Waals surface area contributed by atoms with Crippen molar-refractivity contribution in [2.45, 2.75) is 19.6 Å². The quantitative estimate of drug-likeness (QED) is 0.458. The number of halogens is 1. The van der Waals surface area contributed by atoms with Gasteiger partial charge in [-0.05, 0) is 42.3 Å². The van der Waals surface area contributed by atoms with E-state index in [4.69, 9.17) is 21.1 Å². The van der Waals surface area contributed by atoms with Crippen LogP contribution in [0.3, 0.4) is 0 Å². The highest BCUT2D eigenvalue weighted by atomic mass is 35.5. The molecule has 2 aromatic carbocycles. The summed E-state index contributed by atoms with van der Waals surface area (Å²) < 4.78 is 16.6. The summed E-state index contributed by atoms with van der Waals surface area (Å²) in [4.78, 5) is 26.3. The van der Waals surface area contributed by atoms with Crippen molar-refractivity contribution < 1.29 is 9.47 Å². The van der Waals surface area contributed by atoms with Gasteiger partial charge in [0.15, 0.2) is 0 Å². The molecular weight excluding hydrogens is 442 g/mol. The fourth-order valence-corrected chi connectivity index (χ4v) is 4.77. The van der Waals surface area contributed by atoms with Crippen LogP contribution in [0.15, 0.2) is 58.1 Å². The number of aryl methyl sites for hydroxylation is 1. The minimum atomic E-state index is -0.435. The van der Waals surface area contributed by atoms with Crippen LogP contribution in [0.25, 0.3) is 22.2 Å². The molecule has 7 nitrogen and oxygen atoms in total. The molecule has 0 radical (unpaired) electrons. The Kier molecular flexibility index (Phi) is 5.38. The number of nitrogens with zero attached hydrogens (tertiary/aromatic N) is 3. The molecule has 1 unspecified atom stereocenters. The summed E-state index contributed by atoms with van der Waals surface area (Å²) in [6.07, 6.45) is -0.435. The van der Waals surface area contributed by atoms with E-state index in [2.05, 4.69) is 4.57 Å². The third-order valence-electron chi connectivity index (χ3n) is 6.16. The van der Waals surface area contributed by atoms with Gasteiger partial charge in [-0.3, -0.25) is 13.9 Å². The zero-order valence-corrected chi connectivity index (χ0v) is 19.4. The molecule has 4 aromatic rings. The standard InChI is InChI=1S/C25H24ClN3O4/c1-4-32-18-11-7-16(8-12-18)23-22-21-19(24(30)28(3)25(31)27(21)2)20(29(22)13-14-33-23)15-5-9-17(26)10-6-15/h5-12,23H,4,13-14H2,1-3H3. The Morgan fingerprint density at radius 2 is 1.73 bits per heavy atom. The molecule has 0 saturated carbocycles. The number of fused-ring (bicyclic) bond motifs is 3. The fraction of sp³-hybridized carbons (Fsp3) is 0.280. The molecule has 0 aliphatic carbocycles. The Hall–Kier alpha value is -3.29. The van der Waals surface area contributed by atoms with Crippen molar-refractivity contribution in [1.29, 1.82) is 0 Å². The maximum atomic E-state index is 13.4. The summed E-state index contributed by atoms with van der Waals surface area (Å²) in [5.41, 5.74) is 3.24. The van der Waals surface area contributed by atoms with Gasteiger partial charge in [0.1, 0.15) is 11.9 Å². The van der Waals surface area contributed by atoms with Gasteiger partial charge in [-0.2, -0.15) is 0 Å². The van der Waals surface area contributed by atoms with Crippen LogP contribution in [-0.4, -0.2) is 26.9 Å². The second-order valence-electron chi connectivity index (χ2n) is 8.07. The number of rotatable bonds is 4. The highest BCUT2D eigenvalue weighted by molar-refractivity contribution is 6.30. The Labute approximate surface area is 195 Å². The molecule has 5 rings (SSSR count). The number of hydrogen-bond donors (Lipinski definition) is 0. The lowest BCUT2D eigenvalue weighted by atomic mass is 10.0. The predicted octanol–water partition coefficient (Wildman–Crippen LogP) is 3.88. The van der Waals surface area contributed by atoms with E-state index in [-0.39, 0.29) is 11.2 Å². The average Bonchev–Trinajstić information content (AvgIpc) is 3.18. The molecule has 1 atom stereocenters. The van der Waals surface area contributed by atoms with Crippen LogP contribution in [0.4, 0.5) is 0 Å². The molecule has 8 heteroatoms. The van der Waals surface area contributed by atoms with Gasteiger partial charge in [-0.15, -0.1) is 0 Å². The Balaban J connectivity index is 1.84. The summed E-state index contributed by atoms with van der Waals surface area (Å²) in [5.74, 6) is 0.778. The first-order chi connectivity index (χ1) is 15.9. The molecule has 0 N–H and O–H groups in total. The van der Waals surface area contributed by atoms with E-state index >= 15 is 0 Å². The molecule has 170 valence electrons. The minimum Gasteiger partial charge on any atom is -0.494 e. The number of aromatic nitrogens is 3. The van der Waals surface area contributed by atoms with Gasteiger partial charge < -0.3 is 14.0 Å². The van der Waals surface area contributed by atoms with Crippen LogP contribution in [0, 0.1) is 0 Å². The molecule has 3 heterocycles. The maximum Gasteiger partial charge on any atom is 0.331 e. The maximum absolute atomic E-state index is 13.4. The third kappa shape index (κ3) is 3.39. The predicted molar refractivity (Wildman–Crippen MR) is 128 cm³/mol.